The average Bonchev–Trinajstić information content (AvgIpc) is 2.90. The van der Waals surface area contributed by atoms with Gasteiger partial charge in [0, 0.05) is 12.5 Å². The van der Waals surface area contributed by atoms with E-state index in [1.807, 2.05) is 86.6 Å². The maximum absolute atomic E-state index is 13.7. The van der Waals surface area contributed by atoms with Crippen molar-refractivity contribution in [1.29, 1.82) is 0 Å². The molecule has 1 aromatic heterocycles. The molecule has 0 atom stereocenters. The zero-order chi connectivity index (χ0) is 28.0. The number of ketones is 1. The Balaban J connectivity index is 0.000000599. The van der Waals surface area contributed by atoms with Crippen molar-refractivity contribution in [2.24, 2.45) is 7.05 Å². The van der Waals surface area contributed by atoms with E-state index < -0.39 is 10.4 Å². The first-order valence-electron chi connectivity index (χ1n) is 11.4. The second-order valence-corrected chi connectivity index (χ2v) is 9.50. The van der Waals surface area contributed by atoms with Crippen LogP contribution in [0.3, 0.4) is 0 Å². The van der Waals surface area contributed by atoms with Crippen LogP contribution < -0.4 is 4.57 Å². The van der Waals surface area contributed by atoms with E-state index in [1.54, 1.807) is 23.7 Å². The highest BCUT2D eigenvalue weighted by molar-refractivity contribution is 7.80. The number of aromatic nitrogens is 1. The van der Waals surface area contributed by atoms with E-state index in [4.69, 9.17) is 0 Å². The Morgan fingerprint density at radius 2 is 1.34 bits per heavy atom. The third-order valence-corrected chi connectivity index (χ3v) is 6.36. The van der Waals surface area contributed by atoms with E-state index >= 15 is 0 Å². The molecule has 0 spiro atoms. The van der Waals surface area contributed by atoms with Crippen molar-refractivity contribution >= 4 is 21.9 Å². The first kappa shape index (κ1) is 28.3. The summed E-state index contributed by atoms with van der Waals surface area (Å²) in [5.74, 6) is -0.236. The van der Waals surface area contributed by atoms with Crippen LogP contribution in [0.5, 0.6) is 0 Å². The molecule has 0 fully saturated rings. The van der Waals surface area contributed by atoms with E-state index in [0.29, 0.717) is 33.6 Å². The van der Waals surface area contributed by atoms with Crippen molar-refractivity contribution in [3.63, 3.8) is 0 Å². The molecule has 1 heterocycles. The van der Waals surface area contributed by atoms with Gasteiger partial charge in [-0.2, -0.15) is 4.57 Å². The molecular weight excluding hydrogens is 508 g/mol. The van der Waals surface area contributed by atoms with Crippen LogP contribution in [0.2, 0.25) is 0 Å². The highest BCUT2D eigenvalue weighted by Crippen LogP contribution is 2.40. The number of hydrogen-bond acceptors (Lipinski definition) is 7. The molecule has 4 aromatic rings. The normalized spacial score (nSPS) is 10.9. The van der Waals surface area contributed by atoms with Gasteiger partial charge in [0.2, 0.25) is 10.4 Å². The third kappa shape index (κ3) is 6.35. The molecule has 4 rings (SSSR count). The summed E-state index contributed by atoms with van der Waals surface area (Å²) in [5, 5.41) is 12.5. The van der Waals surface area contributed by atoms with Gasteiger partial charge in [-0.3, -0.25) is 19.1 Å². The predicted molar refractivity (Wildman–Crippen MR) is 141 cm³/mol. The predicted octanol–water partition coefficient (Wildman–Crippen LogP) is 4.69. The van der Waals surface area contributed by atoms with Gasteiger partial charge in [-0.1, -0.05) is 78.4 Å². The van der Waals surface area contributed by atoms with Gasteiger partial charge >= 0.3 is 5.69 Å². The summed E-state index contributed by atoms with van der Waals surface area (Å²) >= 11 is 0. The standard InChI is InChI=1S/C27H23N2O3.CH4O4S/c1-18-14-16-22(17-15-18)27(30)23-19(2)28(3)25(21-12-8-5-9-13-21)26(29(31)32)24(23)20-10-6-4-7-11-20;1-5-6(2,3)4/h4-17H,1-3H3;1H3,(H,2,3,4)/q+1;/p-1. The maximum Gasteiger partial charge on any atom is 0.349 e. The molecule has 0 radical (unpaired) electrons. The number of rotatable bonds is 6. The first-order valence-corrected chi connectivity index (χ1v) is 12.7. The molecule has 0 saturated carbocycles. The van der Waals surface area contributed by atoms with Gasteiger partial charge in [0.05, 0.1) is 23.2 Å². The summed E-state index contributed by atoms with van der Waals surface area (Å²) in [6, 6.07) is 25.7. The number of benzene rings is 3. The number of nitro groups is 1. The summed E-state index contributed by atoms with van der Waals surface area (Å²) in [6.07, 6.45) is 0. The molecule has 0 N–H and O–H groups in total. The molecule has 9 nitrogen and oxygen atoms in total. The molecule has 196 valence electrons. The largest absolute Gasteiger partial charge is 0.726 e. The molecule has 10 heteroatoms. The number of pyridine rings is 1. The van der Waals surface area contributed by atoms with E-state index in [2.05, 4.69) is 4.18 Å². The van der Waals surface area contributed by atoms with Crippen molar-refractivity contribution in [2.75, 3.05) is 7.11 Å². The van der Waals surface area contributed by atoms with E-state index in [9.17, 15) is 27.9 Å². The number of nitrogens with zero attached hydrogens (tertiary/aromatic N) is 2. The van der Waals surface area contributed by atoms with E-state index in [0.717, 1.165) is 18.2 Å². The smallest absolute Gasteiger partial charge is 0.349 e. The van der Waals surface area contributed by atoms with Crippen molar-refractivity contribution in [3.8, 4) is 22.4 Å². The van der Waals surface area contributed by atoms with Gasteiger partial charge in [0.25, 0.3) is 5.69 Å². The molecule has 0 amide bonds. The summed E-state index contributed by atoms with van der Waals surface area (Å²) in [5.41, 5.74) is 4.63. The van der Waals surface area contributed by atoms with Crippen LogP contribution >= 0.6 is 0 Å². The minimum atomic E-state index is -4.41. The lowest BCUT2D eigenvalue weighted by atomic mass is 9.89. The van der Waals surface area contributed by atoms with Gasteiger partial charge in [0.15, 0.2) is 11.5 Å². The molecule has 0 saturated heterocycles. The fourth-order valence-corrected chi connectivity index (χ4v) is 4.03. The van der Waals surface area contributed by atoms with Gasteiger partial charge < -0.3 is 4.55 Å². The molecular formula is C28H26N2O7S. The minimum Gasteiger partial charge on any atom is -0.726 e. The average molecular weight is 535 g/mol. The third-order valence-electron chi connectivity index (χ3n) is 5.95. The van der Waals surface area contributed by atoms with E-state index in [1.165, 1.54) is 0 Å². The molecule has 0 aliphatic heterocycles. The SMILES string of the molecule is COS(=O)(=O)[O-].Cc1ccc(C(=O)c2c(-c3ccccc3)c([N+](=O)[O-])c(-c3ccccc3)[n+](C)c2C)cc1. The molecule has 0 bridgehead atoms. The number of carbonyl (C=O) groups is 1. The van der Waals surface area contributed by atoms with Crippen molar-refractivity contribution in [2.45, 2.75) is 13.8 Å². The Bertz CT molecular complexity index is 1570. The van der Waals surface area contributed by atoms with Crippen molar-refractivity contribution in [3.05, 3.63) is 117 Å². The maximum atomic E-state index is 13.7. The number of hydrogen-bond donors (Lipinski definition) is 0. The lowest BCUT2D eigenvalue weighted by Gasteiger charge is -2.15. The Labute approximate surface area is 221 Å². The lowest BCUT2D eigenvalue weighted by Crippen LogP contribution is -2.38. The Morgan fingerprint density at radius 1 is 0.868 bits per heavy atom. The number of aryl methyl sites for hydroxylation is 1. The van der Waals surface area contributed by atoms with Crippen molar-refractivity contribution < 1.29 is 31.4 Å². The molecule has 3 aromatic carbocycles. The van der Waals surface area contributed by atoms with Gasteiger partial charge in [-0.25, -0.2) is 8.42 Å². The summed E-state index contributed by atoms with van der Waals surface area (Å²) < 4.78 is 32.8. The second-order valence-electron chi connectivity index (χ2n) is 8.35. The topological polar surface area (TPSA) is 131 Å². The van der Waals surface area contributed by atoms with Crippen molar-refractivity contribution in [1.82, 2.24) is 0 Å². The first-order chi connectivity index (χ1) is 18.0. The Morgan fingerprint density at radius 3 is 1.79 bits per heavy atom. The van der Waals surface area contributed by atoms with Gasteiger partial charge in [-0.05, 0) is 24.6 Å². The molecule has 0 aliphatic carbocycles. The van der Waals surface area contributed by atoms with Crippen LogP contribution in [-0.2, 0) is 21.6 Å². The monoisotopic (exact) mass is 534 g/mol. The summed E-state index contributed by atoms with van der Waals surface area (Å²) in [6.45, 7) is 3.79. The molecule has 0 aliphatic rings. The molecule has 0 unspecified atom stereocenters. The van der Waals surface area contributed by atoms with Crippen LogP contribution in [0.25, 0.3) is 22.4 Å². The zero-order valence-electron chi connectivity index (χ0n) is 21.2. The van der Waals surface area contributed by atoms with E-state index in [-0.39, 0.29) is 16.4 Å². The minimum absolute atomic E-state index is 0.0778. The fourth-order valence-electron chi connectivity index (χ4n) is 4.03. The van der Waals surface area contributed by atoms with Crippen LogP contribution in [0, 0.1) is 24.0 Å². The zero-order valence-corrected chi connectivity index (χ0v) is 22.1. The number of carbonyl (C=O) groups excluding carboxylic acids is 1. The van der Waals surface area contributed by atoms with Gasteiger partial charge in [-0.15, -0.1) is 0 Å². The van der Waals surface area contributed by atoms with Gasteiger partial charge in [0.1, 0.15) is 12.6 Å². The molecule has 38 heavy (non-hydrogen) atoms. The summed E-state index contributed by atoms with van der Waals surface area (Å²) in [7, 11) is -1.83. The van der Waals surface area contributed by atoms with Crippen LogP contribution in [-0.4, -0.2) is 30.8 Å². The highest BCUT2D eigenvalue weighted by Gasteiger charge is 2.38. The quantitative estimate of drug-likeness (QED) is 0.0875. The second kappa shape index (κ2) is 11.9. The van der Waals surface area contributed by atoms with Crippen LogP contribution in [0.15, 0.2) is 84.9 Å². The fraction of sp³-hybridized carbons (Fsp3) is 0.143. The Hall–Kier alpha value is -4.25. The highest BCUT2D eigenvalue weighted by atomic mass is 32.3. The van der Waals surface area contributed by atoms with Crippen LogP contribution in [0.1, 0.15) is 27.2 Å². The van der Waals surface area contributed by atoms with Crippen LogP contribution in [0.4, 0.5) is 5.69 Å². The Kier molecular flexibility index (Phi) is 8.84. The summed E-state index contributed by atoms with van der Waals surface area (Å²) in [4.78, 5) is 25.8. The lowest BCUT2D eigenvalue weighted by molar-refractivity contribution is -0.669.